The van der Waals surface area contributed by atoms with E-state index in [1.165, 1.54) is 0 Å². The summed E-state index contributed by atoms with van der Waals surface area (Å²) in [4.78, 5) is 14.4. The number of para-hydroxylation sites is 1. The van der Waals surface area contributed by atoms with Crippen molar-refractivity contribution >= 4 is 16.7 Å². The number of rotatable bonds is 2. The van der Waals surface area contributed by atoms with Crippen LogP contribution < -0.4 is 0 Å². The van der Waals surface area contributed by atoms with E-state index in [1.54, 1.807) is 12.3 Å². The minimum absolute atomic E-state index is 0. The fourth-order valence-electron chi connectivity index (χ4n) is 2.59. The maximum Gasteiger partial charge on any atom is 0.354 e. The summed E-state index contributed by atoms with van der Waals surface area (Å²) in [7, 11) is 0. The summed E-state index contributed by atoms with van der Waals surface area (Å²) in [6.07, 6.45) is 1.57. The van der Waals surface area contributed by atoms with Crippen LogP contribution in [0.25, 0.3) is 16.5 Å². The zero-order chi connectivity index (χ0) is 18.5. The Hall–Kier alpha value is -2.82. The van der Waals surface area contributed by atoms with Gasteiger partial charge in [-0.1, -0.05) is 24.3 Å². The Morgan fingerprint density at radius 1 is 1.04 bits per heavy atom. The molecule has 0 saturated carbocycles. The molecule has 27 heavy (non-hydrogen) atoms. The Kier molecular flexibility index (Phi) is 6.99. The predicted molar refractivity (Wildman–Crippen MR) is 101 cm³/mol. The van der Waals surface area contributed by atoms with Gasteiger partial charge in [0.05, 0.1) is 5.69 Å². The van der Waals surface area contributed by atoms with Gasteiger partial charge in [0.25, 0.3) is 0 Å². The van der Waals surface area contributed by atoms with Crippen LogP contribution in [0.1, 0.15) is 21.9 Å². The Morgan fingerprint density at radius 2 is 1.74 bits per heavy atom. The van der Waals surface area contributed by atoms with Gasteiger partial charge in [0, 0.05) is 37.4 Å². The van der Waals surface area contributed by atoms with Crippen LogP contribution >= 0.6 is 0 Å². The smallest absolute Gasteiger partial charge is 0.354 e. The molecule has 0 amide bonds. The molecule has 0 saturated heterocycles. The number of hydrogen-bond donors (Lipinski definition) is 1. The van der Waals surface area contributed by atoms with Crippen molar-refractivity contribution in [3.8, 4) is 5.69 Å². The minimum atomic E-state index is -0.995. The predicted octanol–water partition coefficient (Wildman–Crippen LogP) is 4.22. The van der Waals surface area contributed by atoms with Gasteiger partial charge in [0.1, 0.15) is 5.69 Å². The van der Waals surface area contributed by atoms with Crippen molar-refractivity contribution in [2.24, 2.45) is 0 Å². The Bertz CT molecular complexity index is 1050. The molecule has 0 aliphatic heterocycles. The van der Waals surface area contributed by atoms with Gasteiger partial charge < -0.3 is 5.11 Å². The number of carbonyl (C=O) groups is 1. The normalized spacial score (nSPS) is 9.85. The van der Waals surface area contributed by atoms with E-state index >= 15 is 0 Å². The van der Waals surface area contributed by atoms with Crippen LogP contribution in [0.5, 0.6) is 0 Å². The van der Waals surface area contributed by atoms with E-state index in [2.05, 4.69) is 22.2 Å². The van der Waals surface area contributed by atoms with Crippen molar-refractivity contribution in [3.05, 3.63) is 90.0 Å². The summed E-state index contributed by atoms with van der Waals surface area (Å²) in [6, 6.07) is 22.1. The van der Waals surface area contributed by atoms with E-state index in [0.29, 0.717) is 0 Å². The Balaban J connectivity index is 0.000000187. The van der Waals surface area contributed by atoms with Gasteiger partial charge in [0.15, 0.2) is 0 Å². The average molecular weight is 537 g/mol. The number of aromatic nitrogens is 3. The quantitative estimate of drug-likeness (QED) is 0.390. The number of pyridine rings is 1. The largest absolute Gasteiger partial charge is 0.477 e. The molecule has 1 radical (unpaired) electrons. The third-order valence-corrected chi connectivity index (χ3v) is 3.78. The fraction of sp³-hybridized carbons (Fsp3) is 0.0952. The first-order chi connectivity index (χ1) is 12.5. The number of nitrogens with zero attached hydrogens (tertiary/aromatic N) is 3. The fourth-order valence-corrected chi connectivity index (χ4v) is 2.59. The minimum Gasteiger partial charge on any atom is -0.477 e. The molecule has 0 aliphatic rings. The molecule has 4 aromatic rings. The van der Waals surface area contributed by atoms with E-state index in [0.717, 1.165) is 27.8 Å². The molecule has 0 aliphatic carbocycles. The van der Waals surface area contributed by atoms with E-state index in [9.17, 15) is 4.79 Å². The molecule has 2 aromatic carbocycles. The van der Waals surface area contributed by atoms with Crippen molar-refractivity contribution in [2.75, 3.05) is 0 Å². The number of carboxylic acids is 1. The molecular weight excluding hydrogens is 518 g/mol. The summed E-state index contributed by atoms with van der Waals surface area (Å²) in [6.45, 7) is 4.04. The van der Waals surface area contributed by atoms with Crippen LogP contribution in [-0.4, -0.2) is 25.8 Å². The van der Waals surface area contributed by atoms with Gasteiger partial charge in [-0.25, -0.2) is 9.78 Å². The van der Waals surface area contributed by atoms with Crippen molar-refractivity contribution in [1.82, 2.24) is 14.8 Å². The molecule has 139 valence electrons. The van der Waals surface area contributed by atoms with Gasteiger partial charge in [-0.15, -0.1) is 6.07 Å². The van der Waals surface area contributed by atoms with Gasteiger partial charge >= 0.3 is 5.97 Å². The summed E-state index contributed by atoms with van der Waals surface area (Å²) in [5.74, 6) is -0.995. The Labute approximate surface area is 171 Å². The second-order valence-corrected chi connectivity index (χ2v) is 5.81. The maximum absolute atomic E-state index is 10.6. The van der Waals surface area contributed by atoms with Crippen LogP contribution in [0.15, 0.2) is 66.9 Å². The van der Waals surface area contributed by atoms with E-state index < -0.39 is 5.97 Å². The van der Waals surface area contributed by atoms with Crippen LogP contribution in [0.3, 0.4) is 0 Å². The molecule has 0 atom stereocenters. The summed E-state index contributed by atoms with van der Waals surface area (Å²) in [5, 5.41) is 14.9. The first-order valence-electron chi connectivity index (χ1n) is 8.13. The number of fused-ring (bicyclic) bond motifs is 1. The van der Waals surface area contributed by atoms with Gasteiger partial charge in [-0.05, 0) is 37.1 Å². The zero-order valence-electron chi connectivity index (χ0n) is 14.9. The third kappa shape index (κ3) is 5.09. The van der Waals surface area contributed by atoms with E-state index in [4.69, 9.17) is 5.11 Å². The van der Waals surface area contributed by atoms with Crippen LogP contribution in [0, 0.1) is 19.9 Å². The number of carboxylic acid groups (broad SMARTS) is 1. The monoisotopic (exact) mass is 537 g/mol. The van der Waals surface area contributed by atoms with Gasteiger partial charge in [-0.3, -0.25) is 4.68 Å². The zero-order valence-corrected chi connectivity index (χ0v) is 17.3. The van der Waals surface area contributed by atoms with Crippen LogP contribution in [0.2, 0.25) is 0 Å². The molecule has 0 fully saturated rings. The van der Waals surface area contributed by atoms with E-state index in [-0.39, 0.29) is 25.8 Å². The summed E-state index contributed by atoms with van der Waals surface area (Å²) >= 11 is 0. The molecule has 0 spiro atoms. The molecule has 2 heterocycles. The number of benzene rings is 2. The van der Waals surface area contributed by atoms with Gasteiger partial charge in [-0.2, -0.15) is 29.4 Å². The maximum atomic E-state index is 10.6. The van der Waals surface area contributed by atoms with E-state index in [1.807, 2.05) is 67.1 Å². The molecule has 5 nitrogen and oxygen atoms in total. The topological polar surface area (TPSA) is 68.0 Å². The molecule has 0 bridgehead atoms. The first kappa shape index (κ1) is 20.5. The second kappa shape index (κ2) is 9.21. The molecule has 6 heteroatoms. The molecule has 4 rings (SSSR count). The second-order valence-electron chi connectivity index (χ2n) is 5.81. The standard InChI is InChI=1S/C11H11N2.C10H7NO2.Ir/c1-9-8-10(2)13(12-9)11-6-4-3-5-7-11;12-10(13)9-5-7-3-1-2-4-8(7)6-11-9;/h3-6,8H,1-2H3;1-6H,(H,12,13);/q-1;;. The van der Waals surface area contributed by atoms with Crippen LogP contribution in [0.4, 0.5) is 0 Å². The molecule has 1 N–H and O–H groups in total. The third-order valence-electron chi connectivity index (χ3n) is 3.78. The number of aryl methyl sites for hydroxylation is 2. The summed E-state index contributed by atoms with van der Waals surface area (Å²) < 4.78 is 1.90. The molecule has 2 aromatic heterocycles. The molecular formula is C21H18IrN3O2-. The molecule has 0 unspecified atom stereocenters. The van der Waals surface area contributed by atoms with Crippen molar-refractivity contribution in [3.63, 3.8) is 0 Å². The van der Waals surface area contributed by atoms with Crippen LogP contribution in [-0.2, 0) is 20.1 Å². The average Bonchev–Trinajstić information content (AvgIpc) is 3.00. The summed E-state index contributed by atoms with van der Waals surface area (Å²) in [5.41, 5.74) is 3.25. The Morgan fingerprint density at radius 3 is 2.33 bits per heavy atom. The van der Waals surface area contributed by atoms with Crippen molar-refractivity contribution in [2.45, 2.75) is 13.8 Å². The SMILES string of the molecule is Cc1cc(C)n(-c2[c-]cccc2)n1.O=C(O)c1cc2ccccc2cn1.[Ir]. The van der Waals surface area contributed by atoms with Crippen molar-refractivity contribution in [1.29, 1.82) is 0 Å². The number of hydrogen-bond acceptors (Lipinski definition) is 3. The van der Waals surface area contributed by atoms with Gasteiger partial charge in [0.2, 0.25) is 0 Å². The first-order valence-corrected chi connectivity index (χ1v) is 8.13. The number of aromatic carboxylic acids is 1. The van der Waals surface area contributed by atoms with Crippen molar-refractivity contribution < 1.29 is 30.0 Å².